The van der Waals surface area contributed by atoms with Crippen molar-refractivity contribution in [3.05, 3.63) is 0 Å². The van der Waals surface area contributed by atoms with Crippen LogP contribution in [0.4, 0.5) is 0 Å². The first kappa shape index (κ1) is 12.4. The monoisotopic (exact) mass is 225 g/mol. The number of hydrogen-bond acceptors (Lipinski definition) is 2. The zero-order valence-electron chi connectivity index (χ0n) is 10.5. The maximum Gasteiger partial charge on any atom is 0.0506 e. The Balaban J connectivity index is 1.55. The van der Waals surface area contributed by atoms with Crippen molar-refractivity contribution in [1.82, 2.24) is 5.32 Å². The summed E-state index contributed by atoms with van der Waals surface area (Å²) in [5, 5.41) is 3.67. The SMILES string of the molecule is C1CCCC(CNCC2CCCOC2)CC1. The van der Waals surface area contributed by atoms with Crippen molar-refractivity contribution >= 4 is 0 Å². The maximum atomic E-state index is 5.50. The second-order valence-electron chi connectivity index (χ2n) is 5.60. The van der Waals surface area contributed by atoms with Crippen LogP contribution < -0.4 is 5.32 Å². The van der Waals surface area contributed by atoms with E-state index in [1.807, 2.05) is 0 Å². The summed E-state index contributed by atoms with van der Waals surface area (Å²) in [4.78, 5) is 0. The molecule has 1 aliphatic heterocycles. The molecule has 1 saturated heterocycles. The van der Waals surface area contributed by atoms with E-state index in [1.54, 1.807) is 0 Å². The Morgan fingerprint density at radius 2 is 1.50 bits per heavy atom. The smallest absolute Gasteiger partial charge is 0.0506 e. The molecule has 1 aliphatic carbocycles. The Kier molecular flexibility index (Phi) is 5.64. The summed E-state index contributed by atoms with van der Waals surface area (Å²) >= 11 is 0. The Labute approximate surface area is 100 Å². The predicted molar refractivity (Wildman–Crippen MR) is 67.6 cm³/mol. The molecule has 1 heterocycles. The zero-order valence-corrected chi connectivity index (χ0v) is 10.5. The van der Waals surface area contributed by atoms with E-state index in [2.05, 4.69) is 5.32 Å². The van der Waals surface area contributed by atoms with Crippen LogP contribution >= 0.6 is 0 Å². The molecule has 1 saturated carbocycles. The van der Waals surface area contributed by atoms with Gasteiger partial charge in [-0.15, -0.1) is 0 Å². The highest BCUT2D eigenvalue weighted by Crippen LogP contribution is 2.22. The highest BCUT2D eigenvalue weighted by Gasteiger charge is 2.15. The molecule has 2 heteroatoms. The fraction of sp³-hybridized carbons (Fsp3) is 1.00. The van der Waals surface area contributed by atoms with E-state index in [4.69, 9.17) is 4.74 Å². The van der Waals surface area contributed by atoms with E-state index >= 15 is 0 Å². The molecule has 2 aliphatic rings. The van der Waals surface area contributed by atoms with Crippen LogP contribution in [-0.4, -0.2) is 26.3 Å². The van der Waals surface area contributed by atoms with Gasteiger partial charge in [-0.3, -0.25) is 0 Å². The van der Waals surface area contributed by atoms with Crippen LogP contribution in [0, 0.1) is 11.8 Å². The van der Waals surface area contributed by atoms with Gasteiger partial charge in [0.1, 0.15) is 0 Å². The average Bonchev–Trinajstić information content (AvgIpc) is 2.59. The third-order valence-corrected chi connectivity index (χ3v) is 4.10. The molecular formula is C14H27NO. The van der Waals surface area contributed by atoms with Gasteiger partial charge in [-0.25, -0.2) is 0 Å². The molecule has 2 rings (SSSR count). The highest BCUT2D eigenvalue weighted by atomic mass is 16.5. The van der Waals surface area contributed by atoms with Crippen LogP contribution in [0.3, 0.4) is 0 Å². The van der Waals surface area contributed by atoms with E-state index in [0.717, 1.165) is 25.0 Å². The number of ether oxygens (including phenoxy) is 1. The van der Waals surface area contributed by atoms with Crippen molar-refractivity contribution in [3.8, 4) is 0 Å². The molecule has 94 valence electrons. The standard InChI is InChI=1S/C14H27NO/c1-2-4-7-13(6-3-1)10-15-11-14-8-5-9-16-12-14/h13-15H,1-12H2. The van der Waals surface area contributed by atoms with Crippen LogP contribution in [0.5, 0.6) is 0 Å². The lowest BCUT2D eigenvalue weighted by Gasteiger charge is -2.23. The number of nitrogens with one attached hydrogen (secondary N) is 1. The summed E-state index contributed by atoms with van der Waals surface area (Å²) in [7, 11) is 0. The Morgan fingerprint density at radius 1 is 0.812 bits per heavy atom. The van der Waals surface area contributed by atoms with Crippen molar-refractivity contribution in [3.63, 3.8) is 0 Å². The summed E-state index contributed by atoms with van der Waals surface area (Å²) in [6.45, 7) is 4.39. The van der Waals surface area contributed by atoms with E-state index < -0.39 is 0 Å². The zero-order chi connectivity index (χ0) is 11.1. The Morgan fingerprint density at radius 3 is 2.19 bits per heavy atom. The summed E-state index contributed by atoms with van der Waals surface area (Å²) in [5.41, 5.74) is 0. The summed E-state index contributed by atoms with van der Waals surface area (Å²) in [6, 6.07) is 0. The third-order valence-electron chi connectivity index (χ3n) is 4.10. The second kappa shape index (κ2) is 7.29. The first-order valence-electron chi connectivity index (χ1n) is 7.23. The maximum absolute atomic E-state index is 5.50. The lowest BCUT2D eigenvalue weighted by atomic mass is 9.99. The Hall–Kier alpha value is -0.0800. The van der Waals surface area contributed by atoms with E-state index in [9.17, 15) is 0 Å². The molecule has 1 unspecified atom stereocenters. The van der Waals surface area contributed by atoms with Gasteiger partial charge in [0.05, 0.1) is 6.61 Å². The minimum atomic E-state index is 0.777. The highest BCUT2D eigenvalue weighted by molar-refractivity contribution is 4.70. The van der Waals surface area contributed by atoms with Crippen LogP contribution in [-0.2, 0) is 4.74 Å². The lowest BCUT2D eigenvalue weighted by molar-refractivity contribution is 0.0545. The van der Waals surface area contributed by atoms with E-state index in [1.165, 1.54) is 64.5 Å². The molecule has 0 radical (unpaired) electrons. The van der Waals surface area contributed by atoms with Gasteiger partial charge < -0.3 is 10.1 Å². The molecule has 0 aromatic carbocycles. The van der Waals surface area contributed by atoms with Crippen molar-refractivity contribution < 1.29 is 4.74 Å². The number of hydrogen-bond donors (Lipinski definition) is 1. The van der Waals surface area contributed by atoms with Gasteiger partial charge in [0.2, 0.25) is 0 Å². The summed E-state index contributed by atoms with van der Waals surface area (Å²) in [5.74, 6) is 1.73. The van der Waals surface area contributed by atoms with Gasteiger partial charge in [-0.05, 0) is 44.1 Å². The largest absolute Gasteiger partial charge is 0.381 e. The summed E-state index contributed by atoms with van der Waals surface area (Å²) < 4.78 is 5.50. The topological polar surface area (TPSA) is 21.3 Å². The lowest BCUT2D eigenvalue weighted by Crippen LogP contribution is -2.32. The number of rotatable bonds is 4. The minimum Gasteiger partial charge on any atom is -0.381 e. The predicted octanol–water partition coefficient (Wildman–Crippen LogP) is 2.97. The second-order valence-corrected chi connectivity index (χ2v) is 5.60. The fourth-order valence-corrected chi connectivity index (χ4v) is 3.03. The molecule has 2 nitrogen and oxygen atoms in total. The van der Waals surface area contributed by atoms with Gasteiger partial charge in [0.15, 0.2) is 0 Å². The Bertz CT molecular complexity index is 170. The first-order chi connectivity index (χ1) is 7.95. The van der Waals surface area contributed by atoms with Crippen LogP contribution in [0.1, 0.15) is 51.4 Å². The normalized spacial score (nSPS) is 28.9. The molecule has 16 heavy (non-hydrogen) atoms. The van der Waals surface area contributed by atoms with Crippen LogP contribution in [0.15, 0.2) is 0 Å². The van der Waals surface area contributed by atoms with Crippen molar-refractivity contribution in [2.45, 2.75) is 51.4 Å². The van der Waals surface area contributed by atoms with E-state index in [0.29, 0.717) is 0 Å². The van der Waals surface area contributed by atoms with Gasteiger partial charge in [0, 0.05) is 13.2 Å². The summed E-state index contributed by atoms with van der Waals surface area (Å²) in [6.07, 6.45) is 11.4. The van der Waals surface area contributed by atoms with Gasteiger partial charge in [0.25, 0.3) is 0 Å². The minimum absolute atomic E-state index is 0.777. The van der Waals surface area contributed by atoms with Crippen molar-refractivity contribution in [2.75, 3.05) is 26.3 Å². The molecule has 1 atom stereocenters. The third kappa shape index (κ3) is 4.42. The van der Waals surface area contributed by atoms with Gasteiger partial charge in [-0.2, -0.15) is 0 Å². The van der Waals surface area contributed by atoms with E-state index in [-0.39, 0.29) is 0 Å². The van der Waals surface area contributed by atoms with Gasteiger partial charge in [-0.1, -0.05) is 25.7 Å². The molecule has 0 aromatic rings. The molecule has 0 aromatic heterocycles. The van der Waals surface area contributed by atoms with Crippen molar-refractivity contribution in [2.24, 2.45) is 11.8 Å². The van der Waals surface area contributed by atoms with Crippen LogP contribution in [0.2, 0.25) is 0 Å². The molecule has 0 amide bonds. The molecular weight excluding hydrogens is 198 g/mol. The van der Waals surface area contributed by atoms with Crippen LogP contribution in [0.25, 0.3) is 0 Å². The molecule has 1 N–H and O–H groups in total. The molecule has 2 fully saturated rings. The fourth-order valence-electron chi connectivity index (χ4n) is 3.03. The van der Waals surface area contributed by atoms with Gasteiger partial charge >= 0.3 is 0 Å². The quantitative estimate of drug-likeness (QED) is 0.743. The van der Waals surface area contributed by atoms with Crippen molar-refractivity contribution in [1.29, 1.82) is 0 Å². The average molecular weight is 225 g/mol. The molecule has 0 bridgehead atoms. The molecule has 0 spiro atoms. The first-order valence-corrected chi connectivity index (χ1v) is 7.23.